The molecule has 2 nitrogen and oxygen atoms in total. The highest BCUT2D eigenvalue weighted by Gasteiger charge is 2.48. The van der Waals surface area contributed by atoms with E-state index in [1.54, 1.807) is 18.2 Å². The maximum Gasteiger partial charge on any atom is 0.236 e. The van der Waals surface area contributed by atoms with Gasteiger partial charge in [-0.2, -0.15) is 0 Å². The topological polar surface area (TPSA) is 34.1 Å². The average Bonchev–Trinajstić information content (AvgIpc) is 2.83. The molecule has 1 aliphatic rings. The van der Waals surface area contributed by atoms with Gasteiger partial charge < -0.3 is 0 Å². The van der Waals surface area contributed by atoms with Crippen LogP contribution in [0, 0.1) is 5.82 Å². The summed E-state index contributed by atoms with van der Waals surface area (Å²) in [7, 11) is 1.64. The quantitative estimate of drug-likeness (QED) is 0.736. The molecule has 14 heavy (non-hydrogen) atoms. The van der Waals surface area contributed by atoms with Crippen LogP contribution in [0.4, 0.5) is 4.39 Å². The van der Waals surface area contributed by atoms with Crippen molar-refractivity contribution >= 4 is 19.7 Å². The number of rotatable bonds is 2. The molecule has 1 aromatic carbocycles. The Bertz CT molecular complexity index is 458. The first-order valence-electron chi connectivity index (χ1n) is 4.18. The van der Waals surface area contributed by atoms with Gasteiger partial charge >= 0.3 is 0 Å². The molecule has 0 heterocycles. The van der Waals surface area contributed by atoms with Crippen LogP contribution in [0.3, 0.4) is 0 Å². The van der Waals surface area contributed by atoms with E-state index in [-0.39, 0.29) is 11.7 Å². The molecule has 0 N–H and O–H groups in total. The molecule has 1 fully saturated rings. The Hall–Kier alpha value is -0.610. The fourth-order valence-electron chi connectivity index (χ4n) is 1.59. The van der Waals surface area contributed by atoms with E-state index in [1.165, 1.54) is 6.07 Å². The second kappa shape index (κ2) is 3.21. The van der Waals surface area contributed by atoms with Gasteiger partial charge in [0.05, 0.1) is 5.25 Å². The van der Waals surface area contributed by atoms with Crippen LogP contribution in [0.15, 0.2) is 24.3 Å². The summed E-state index contributed by atoms with van der Waals surface area (Å²) in [4.78, 5) is 0. The highest BCUT2D eigenvalue weighted by atomic mass is 35.7. The van der Waals surface area contributed by atoms with Crippen LogP contribution in [0.1, 0.15) is 17.9 Å². The molecular formula is C9H8ClFO2S. The normalized spacial score (nSPS) is 26.1. The van der Waals surface area contributed by atoms with Crippen LogP contribution in [0.5, 0.6) is 0 Å². The smallest absolute Gasteiger partial charge is 0.212 e. The van der Waals surface area contributed by atoms with Crippen molar-refractivity contribution in [3.63, 3.8) is 0 Å². The molecule has 0 radical (unpaired) electrons. The van der Waals surface area contributed by atoms with E-state index >= 15 is 0 Å². The van der Waals surface area contributed by atoms with Gasteiger partial charge in [0.25, 0.3) is 0 Å². The third kappa shape index (κ3) is 1.77. The maximum absolute atomic E-state index is 13.2. The molecule has 2 unspecified atom stereocenters. The monoisotopic (exact) mass is 234 g/mol. The molecule has 0 saturated heterocycles. The van der Waals surface area contributed by atoms with Crippen molar-refractivity contribution in [2.75, 3.05) is 0 Å². The van der Waals surface area contributed by atoms with Crippen LogP contribution >= 0.6 is 10.7 Å². The van der Waals surface area contributed by atoms with Crippen LogP contribution in [-0.2, 0) is 9.05 Å². The first-order valence-corrected chi connectivity index (χ1v) is 6.55. The standard InChI is InChI=1S/C9H8ClFO2S/c10-14(12,13)9-5-7(9)6-3-1-2-4-8(6)11/h1-4,7,9H,5H2. The molecule has 0 bridgehead atoms. The molecule has 2 atom stereocenters. The van der Waals surface area contributed by atoms with Gasteiger partial charge in [-0.05, 0) is 18.1 Å². The lowest BCUT2D eigenvalue weighted by Gasteiger charge is -1.99. The van der Waals surface area contributed by atoms with Crippen molar-refractivity contribution in [2.45, 2.75) is 17.6 Å². The minimum atomic E-state index is -3.54. The van der Waals surface area contributed by atoms with E-state index in [0.717, 1.165) is 0 Å². The Kier molecular flexibility index (Phi) is 2.27. The number of halogens is 2. The van der Waals surface area contributed by atoms with E-state index in [4.69, 9.17) is 10.7 Å². The fraction of sp³-hybridized carbons (Fsp3) is 0.333. The molecule has 2 rings (SSSR count). The lowest BCUT2D eigenvalue weighted by molar-refractivity contribution is 0.603. The summed E-state index contributed by atoms with van der Waals surface area (Å²) in [5.41, 5.74) is 0.446. The molecule has 0 amide bonds. The van der Waals surface area contributed by atoms with E-state index in [2.05, 4.69) is 0 Å². The van der Waals surface area contributed by atoms with Gasteiger partial charge in [-0.25, -0.2) is 12.8 Å². The van der Waals surface area contributed by atoms with Crippen molar-refractivity contribution in [1.29, 1.82) is 0 Å². The third-order valence-corrected chi connectivity index (χ3v) is 4.33. The van der Waals surface area contributed by atoms with Crippen molar-refractivity contribution in [2.24, 2.45) is 0 Å². The molecule has 76 valence electrons. The van der Waals surface area contributed by atoms with E-state index in [1.807, 2.05) is 0 Å². The average molecular weight is 235 g/mol. The molecule has 1 aliphatic carbocycles. The van der Waals surface area contributed by atoms with Crippen LogP contribution in [-0.4, -0.2) is 13.7 Å². The Balaban J connectivity index is 2.26. The summed E-state index contributed by atoms with van der Waals surface area (Å²) in [6.45, 7) is 0. The lowest BCUT2D eigenvalue weighted by Crippen LogP contribution is -2.00. The van der Waals surface area contributed by atoms with Crippen molar-refractivity contribution in [3.05, 3.63) is 35.6 Å². The second-order valence-corrected chi connectivity index (χ2v) is 6.22. The number of hydrogen-bond acceptors (Lipinski definition) is 2. The van der Waals surface area contributed by atoms with Crippen LogP contribution in [0.2, 0.25) is 0 Å². The van der Waals surface area contributed by atoms with Gasteiger partial charge in [0.15, 0.2) is 0 Å². The van der Waals surface area contributed by atoms with Crippen LogP contribution in [0.25, 0.3) is 0 Å². The van der Waals surface area contributed by atoms with Crippen molar-refractivity contribution in [3.8, 4) is 0 Å². The zero-order valence-corrected chi connectivity index (χ0v) is 8.72. The number of hydrogen-bond donors (Lipinski definition) is 0. The molecule has 0 aromatic heterocycles. The van der Waals surface area contributed by atoms with Gasteiger partial charge in [-0.3, -0.25) is 0 Å². The van der Waals surface area contributed by atoms with Crippen LogP contribution < -0.4 is 0 Å². The third-order valence-electron chi connectivity index (χ3n) is 2.40. The lowest BCUT2D eigenvalue weighted by atomic mass is 10.1. The molecule has 0 spiro atoms. The second-order valence-electron chi connectivity index (χ2n) is 3.38. The zero-order valence-electron chi connectivity index (χ0n) is 7.15. The maximum atomic E-state index is 13.2. The summed E-state index contributed by atoms with van der Waals surface area (Å²) >= 11 is 0. The zero-order chi connectivity index (χ0) is 10.3. The minimum absolute atomic E-state index is 0.265. The van der Waals surface area contributed by atoms with Crippen molar-refractivity contribution in [1.82, 2.24) is 0 Å². The molecule has 1 saturated carbocycles. The Morgan fingerprint density at radius 1 is 1.36 bits per heavy atom. The van der Waals surface area contributed by atoms with Gasteiger partial charge in [0, 0.05) is 16.6 Å². The highest BCUT2D eigenvalue weighted by molar-refractivity contribution is 8.14. The first-order chi connectivity index (χ1) is 6.50. The van der Waals surface area contributed by atoms with E-state index < -0.39 is 14.3 Å². The van der Waals surface area contributed by atoms with Gasteiger partial charge in [0.2, 0.25) is 9.05 Å². The summed E-state index contributed by atoms with van der Waals surface area (Å²) in [6, 6.07) is 6.19. The Morgan fingerprint density at radius 2 is 2.00 bits per heavy atom. The summed E-state index contributed by atoms with van der Waals surface area (Å²) in [6.07, 6.45) is 0.423. The largest absolute Gasteiger partial charge is 0.236 e. The summed E-state index contributed by atoms with van der Waals surface area (Å²) in [5.74, 6) is -0.626. The first kappa shape index (κ1) is 9.93. The van der Waals surface area contributed by atoms with Gasteiger partial charge in [-0.15, -0.1) is 0 Å². The predicted molar refractivity (Wildman–Crippen MR) is 52.3 cm³/mol. The minimum Gasteiger partial charge on any atom is -0.212 e. The Labute approximate surface area is 86.1 Å². The molecule has 0 aliphatic heterocycles. The highest BCUT2D eigenvalue weighted by Crippen LogP contribution is 2.47. The molecule has 5 heteroatoms. The van der Waals surface area contributed by atoms with Gasteiger partial charge in [-0.1, -0.05) is 18.2 Å². The fourth-order valence-corrected chi connectivity index (χ4v) is 3.15. The van der Waals surface area contributed by atoms with E-state index in [0.29, 0.717) is 12.0 Å². The van der Waals surface area contributed by atoms with Gasteiger partial charge in [0.1, 0.15) is 5.82 Å². The molecular weight excluding hydrogens is 227 g/mol. The van der Waals surface area contributed by atoms with E-state index in [9.17, 15) is 12.8 Å². The summed E-state index contributed by atoms with van der Waals surface area (Å²) in [5, 5.41) is -0.610. The predicted octanol–water partition coefficient (Wildman–Crippen LogP) is 2.25. The molecule has 1 aromatic rings. The Morgan fingerprint density at radius 3 is 2.50 bits per heavy atom. The SMILES string of the molecule is O=S(=O)(Cl)C1CC1c1ccccc1F. The van der Waals surface area contributed by atoms with Crippen molar-refractivity contribution < 1.29 is 12.8 Å². The summed E-state index contributed by atoms with van der Waals surface area (Å²) < 4.78 is 35.1. The number of benzene rings is 1.